The molecule has 0 atom stereocenters. The van der Waals surface area contributed by atoms with Gasteiger partial charge in [-0.3, -0.25) is 19.7 Å². The molecule has 0 aliphatic heterocycles. The van der Waals surface area contributed by atoms with Crippen LogP contribution in [-0.2, 0) is 16.1 Å². The summed E-state index contributed by atoms with van der Waals surface area (Å²) >= 11 is 0. The minimum absolute atomic E-state index is 0.0337. The van der Waals surface area contributed by atoms with Crippen molar-refractivity contribution in [3.63, 3.8) is 0 Å². The fraction of sp³-hybridized carbons (Fsp3) is 0.263. The van der Waals surface area contributed by atoms with Crippen LogP contribution < -0.4 is 29.8 Å². The molecule has 0 saturated heterocycles. The van der Waals surface area contributed by atoms with Crippen LogP contribution in [0, 0.1) is 0 Å². The SMILES string of the molecule is CCOC(=O)c1c(-c2cc(OC)c(OC)c(OC)c2)c2ccc(OCc3ccccn3)cc2c(=O)n1-c1ccc(NC(=O)OC(C)(C)C)cc1. The maximum absolute atomic E-state index is 14.6. The third kappa shape index (κ3) is 7.64. The third-order valence-corrected chi connectivity index (χ3v) is 7.46. The number of pyridine rings is 2. The number of nitrogens with zero attached hydrogens (tertiary/aromatic N) is 2. The first-order valence-corrected chi connectivity index (χ1v) is 15.8. The second kappa shape index (κ2) is 15.0. The Morgan fingerprint density at radius 3 is 2.14 bits per heavy atom. The molecule has 0 unspecified atom stereocenters. The van der Waals surface area contributed by atoms with Gasteiger partial charge in [0.25, 0.3) is 5.56 Å². The van der Waals surface area contributed by atoms with E-state index in [-0.39, 0.29) is 24.3 Å². The third-order valence-electron chi connectivity index (χ3n) is 7.46. The number of esters is 1. The van der Waals surface area contributed by atoms with Crippen molar-refractivity contribution in [3.8, 4) is 39.8 Å². The number of carbonyl (C=O) groups is 2. The van der Waals surface area contributed by atoms with Crippen LogP contribution in [0.4, 0.5) is 10.5 Å². The standard InChI is InChI=1S/C38H39N3O9/c1-8-48-36(43)33-32(23-19-30(45-5)34(47-7)31(20-23)46-6)28-17-16-27(49-22-25-11-9-10-18-39-25)21-29(28)35(42)41(33)26-14-12-24(13-15-26)40-37(44)50-38(2,3)4/h9-21H,8,22H2,1-7H3,(H,40,44). The molecule has 1 amide bonds. The minimum Gasteiger partial charge on any atom is -0.493 e. The minimum atomic E-state index is -0.735. The van der Waals surface area contributed by atoms with Crippen LogP contribution in [0.25, 0.3) is 27.6 Å². The number of fused-ring (bicyclic) bond motifs is 1. The van der Waals surface area contributed by atoms with Crippen LogP contribution >= 0.6 is 0 Å². The first kappa shape index (κ1) is 35.3. The molecule has 12 heteroatoms. The van der Waals surface area contributed by atoms with Gasteiger partial charge in [-0.15, -0.1) is 0 Å². The number of ether oxygens (including phenoxy) is 6. The first-order chi connectivity index (χ1) is 24.0. The van der Waals surface area contributed by atoms with Crippen LogP contribution in [0.15, 0.2) is 83.8 Å². The topological polar surface area (TPSA) is 136 Å². The lowest BCUT2D eigenvalue weighted by molar-refractivity contribution is 0.0516. The number of methoxy groups -OCH3 is 3. The monoisotopic (exact) mass is 681 g/mol. The molecule has 0 radical (unpaired) electrons. The van der Waals surface area contributed by atoms with Gasteiger partial charge in [0.15, 0.2) is 11.5 Å². The van der Waals surface area contributed by atoms with Gasteiger partial charge in [0.1, 0.15) is 23.7 Å². The summed E-state index contributed by atoms with van der Waals surface area (Å²) in [6, 6.07) is 20.4. The Labute approximate surface area is 289 Å². The summed E-state index contributed by atoms with van der Waals surface area (Å²) in [6.45, 7) is 7.20. The quantitative estimate of drug-likeness (QED) is 0.143. The maximum Gasteiger partial charge on any atom is 0.412 e. The number of aromatic nitrogens is 2. The molecule has 1 N–H and O–H groups in total. The molecule has 3 aromatic carbocycles. The summed E-state index contributed by atoms with van der Waals surface area (Å²) in [5, 5.41) is 3.40. The summed E-state index contributed by atoms with van der Waals surface area (Å²) in [7, 11) is 4.47. The summed E-state index contributed by atoms with van der Waals surface area (Å²) in [5.74, 6) is 0.725. The number of benzene rings is 3. The lowest BCUT2D eigenvalue weighted by atomic mass is 9.95. The second-order valence-electron chi connectivity index (χ2n) is 12.0. The fourth-order valence-electron chi connectivity index (χ4n) is 5.38. The van der Waals surface area contributed by atoms with Crippen LogP contribution in [0.3, 0.4) is 0 Å². The van der Waals surface area contributed by atoms with E-state index >= 15 is 0 Å². The molecule has 0 spiro atoms. The highest BCUT2D eigenvalue weighted by Crippen LogP contribution is 2.44. The van der Waals surface area contributed by atoms with E-state index in [0.717, 1.165) is 0 Å². The van der Waals surface area contributed by atoms with E-state index in [2.05, 4.69) is 10.3 Å². The number of rotatable bonds is 11. The molecular formula is C38H39N3O9. The van der Waals surface area contributed by atoms with Gasteiger partial charge < -0.3 is 28.4 Å². The molecule has 0 saturated carbocycles. The van der Waals surface area contributed by atoms with Crippen LogP contribution in [0.5, 0.6) is 23.0 Å². The zero-order valence-corrected chi connectivity index (χ0v) is 29.0. The van der Waals surface area contributed by atoms with E-state index in [4.69, 9.17) is 28.4 Å². The van der Waals surface area contributed by atoms with Crippen LogP contribution in [0.2, 0.25) is 0 Å². The Morgan fingerprint density at radius 2 is 1.56 bits per heavy atom. The Kier molecular flexibility index (Phi) is 10.6. The molecule has 260 valence electrons. The average molecular weight is 682 g/mol. The van der Waals surface area contributed by atoms with Crippen LogP contribution in [0.1, 0.15) is 43.9 Å². The van der Waals surface area contributed by atoms with Crippen LogP contribution in [-0.4, -0.2) is 55.2 Å². The Hall–Kier alpha value is -6.04. The van der Waals surface area contributed by atoms with Gasteiger partial charge >= 0.3 is 12.1 Å². The largest absolute Gasteiger partial charge is 0.493 e. The summed E-state index contributed by atoms with van der Waals surface area (Å²) in [4.78, 5) is 45.3. The number of carbonyl (C=O) groups excluding carboxylic acids is 2. The molecule has 50 heavy (non-hydrogen) atoms. The van der Waals surface area contributed by atoms with Crippen molar-refractivity contribution in [1.29, 1.82) is 0 Å². The van der Waals surface area contributed by atoms with Gasteiger partial charge in [-0.1, -0.05) is 6.07 Å². The Morgan fingerprint density at radius 1 is 0.860 bits per heavy atom. The van der Waals surface area contributed by atoms with E-state index in [1.807, 2.05) is 18.2 Å². The molecule has 0 aliphatic carbocycles. The van der Waals surface area contributed by atoms with Crippen molar-refractivity contribution in [2.75, 3.05) is 33.3 Å². The molecule has 0 bridgehead atoms. The first-order valence-electron chi connectivity index (χ1n) is 15.8. The van der Waals surface area contributed by atoms with E-state index in [1.165, 1.54) is 25.9 Å². The lowest BCUT2D eigenvalue weighted by Gasteiger charge is -2.21. The zero-order chi connectivity index (χ0) is 36.0. The Bertz CT molecular complexity index is 2040. The second-order valence-corrected chi connectivity index (χ2v) is 12.0. The molecular weight excluding hydrogens is 642 g/mol. The highest BCUT2D eigenvalue weighted by Gasteiger charge is 2.28. The highest BCUT2D eigenvalue weighted by atomic mass is 16.6. The van der Waals surface area contributed by atoms with Crippen molar-refractivity contribution in [3.05, 3.63) is 101 Å². The number of nitrogens with one attached hydrogen (secondary N) is 1. The number of hydrogen-bond donors (Lipinski definition) is 1. The number of anilines is 1. The Balaban J connectivity index is 1.77. The normalized spacial score (nSPS) is 11.1. The predicted octanol–water partition coefficient (Wildman–Crippen LogP) is 7.18. The summed E-state index contributed by atoms with van der Waals surface area (Å²) in [6.07, 6.45) is 1.04. The van der Waals surface area contributed by atoms with Crippen molar-refractivity contribution in [2.45, 2.75) is 39.9 Å². The highest BCUT2D eigenvalue weighted by molar-refractivity contribution is 6.08. The van der Waals surface area contributed by atoms with Gasteiger partial charge in [0.05, 0.1) is 39.0 Å². The summed E-state index contributed by atoms with van der Waals surface area (Å²) < 4.78 is 35.1. The van der Waals surface area contributed by atoms with Crippen molar-refractivity contribution >= 4 is 28.5 Å². The van der Waals surface area contributed by atoms with Crippen molar-refractivity contribution in [2.24, 2.45) is 0 Å². The molecule has 2 aromatic heterocycles. The van der Waals surface area contributed by atoms with Gasteiger partial charge in [-0.25, -0.2) is 9.59 Å². The van der Waals surface area contributed by atoms with Gasteiger partial charge in [-0.2, -0.15) is 0 Å². The van der Waals surface area contributed by atoms with Gasteiger partial charge in [0, 0.05) is 23.1 Å². The number of hydrogen-bond acceptors (Lipinski definition) is 10. The molecule has 5 rings (SSSR count). The van der Waals surface area contributed by atoms with Crippen molar-refractivity contribution in [1.82, 2.24) is 9.55 Å². The summed E-state index contributed by atoms with van der Waals surface area (Å²) in [5.41, 5.74) is 1.11. The molecule has 2 heterocycles. The molecule has 12 nitrogen and oxygen atoms in total. The molecule has 5 aromatic rings. The van der Waals surface area contributed by atoms with E-state index < -0.39 is 23.2 Å². The average Bonchev–Trinajstić information content (AvgIpc) is 3.10. The van der Waals surface area contributed by atoms with Crippen molar-refractivity contribution < 1.29 is 38.0 Å². The predicted molar refractivity (Wildman–Crippen MR) is 189 cm³/mol. The smallest absolute Gasteiger partial charge is 0.412 e. The number of amides is 1. The van der Waals surface area contributed by atoms with Gasteiger partial charge in [0.2, 0.25) is 5.75 Å². The maximum atomic E-state index is 14.6. The van der Waals surface area contributed by atoms with Gasteiger partial charge in [-0.05, 0) is 105 Å². The molecule has 0 fully saturated rings. The van der Waals surface area contributed by atoms with E-state index in [0.29, 0.717) is 56.6 Å². The van der Waals surface area contributed by atoms with E-state index in [1.54, 1.807) is 88.5 Å². The molecule has 0 aliphatic rings. The fourth-order valence-corrected chi connectivity index (χ4v) is 5.38. The van der Waals surface area contributed by atoms with E-state index in [9.17, 15) is 14.4 Å². The lowest BCUT2D eigenvalue weighted by Crippen LogP contribution is -2.28. The zero-order valence-electron chi connectivity index (χ0n) is 29.0.